The molecule has 0 saturated carbocycles. The van der Waals surface area contributed by atoms with Crippen LogP contribution in [0.3, 0.4) is 0 Å². The van der Waals surface area contributed by atoms with E-state index < -0.39 is 0 Å². The fourth-order valence-electron chi connectivity index (χ4n) is 1.22. The minimum Gasteiger partial charge on any atom is -0.286 e. The Morgan fingerprint density at radius 1 is 1.36 bits per heavy atom. The van der Waals surface area contributed by atoms with Crippen molar-refractivity contribution >= 4 is 40.5 Å². The molecule has 1 aliphatic heterocycles. The number of Topliss-reactive ketones (excluding diaryl/α,β-unsaturated/α-hetero) is 1. The number of fused-ring (bicyclic) bond motifs is 1. The van der Waals surface area contributed by atoms with Crippen molar-refractivity contribution in [1.29, 1.82) is 0 Å². The van der Waals surface area contributed by atoms with E-state index in [2.05, 4.69) is 9.98 Å². The molecule has 0 amide bonds. The summed E-state index contributed by atoms with van der Waals surface area (Å²) in [4.78, 5) is 19.8. The predicted molar refractivity (Wildman–Crippen MR) is 57.0 cm³/mol. The van der Waals surface area contributed by atoms with E-state index in [-0.39, 0.29) is 15.8 Å². The van der Waals surface area contributed by atoms with Gasteiger partial charge in [-0.15, -0.1) is 0 Å². The average molecular weight is 229 g/mol. The summed E-state index contributed by atoms with van der Waals surface area (Å²) in [5, 5.41) is 0.244. The van der Waals surface area contributed by atoms with E-state index in [1.807, 2.05) is 6.92 Å². The molecular weight excluding hydrogens is 223 g/mol. The highest BCUT2D eigenvalue weighted by atomic mass is 35.5. The molecule has 14 heavy (non-hydrogen) atoms. The molecule has 72 valence electrons. The fourth-order valence-corrected chi connectivity index (χ4v) is 1.56. The highest BCUT2D eigenvalue weighted by molar-refractivity contribution is 6.66. The van der Waals surface area contributed by atoms with Crippen LogP contribution in [-0.4, -0.2) is 17.3 Å². The van der Waals surface area contributed by atoms with Crippen LogP contribution in [0, 0.1) is 0 Å². The standard InChI is InChI=1S/C9H6Cl2N2O/c1-2-6-12-5-3-4(10)7(11)9(14)8(5)13-6/h3H,2H2,1H3. The lowest BCUT2D eigenvalue weighted by Gasteiger charge is -2.06. The number of hydrogen-bond acceptors (Lipinski definition) is 3. The van der Waals surface area contributed by atoms with Gasteiger partial charge in [0.15, 0.2) is 0 Å². The summed E-state index contributed by atoms with van der Waals surface area (Å²) in [7, 11) is 0. The Balaban J connectivity index is 2.50. The van der Waals surface area contributed by atoms with Gasteiger partial charge in [0.05, 0.1) is 10.7 Å². The first-order valence-corrected chi connectivity index (χ1v) is 4.87. The smallest absolute Gasteiger partial charge is 0.226 e. The number of rotatable bonds is 1. The predicted octanol–water partition coefficient (Wildman–Crippen LogP) is 2.41. The lowest BCUT2D eigenvalue weighted by Crippen LogP contribution is -2.18. The summed E-state index contributed by atoms with van der Waals surface area (Å²) in [6, 6.07) is 0. The Morgan fingerprint density at radius 2 is 2.07 bits per heavy atom. The number of carbonyl (C=O) groups is 1. The third-order valence-corrected chi connectivity index (χ3v) is 2.71. The molecule has 0 fully saturated rings. The van der Waals surface area contributed by atoms with Gasteiger partial charge in [0.1, 0.15) is 16.6 Å². The largest absolute Gasteiger partial charge is 0.286 e. The van der Waals surface area contributed by atoms with E-state index >= 15 is 0 Å². The second-order valence-corrected chi connectivity index (χ2v) is 3.65. The molecule has 5 heteroatoms. The van der Waals surface area contributed by atoms with Crippen molar-refractivity contribution in [2.45, 2.75) is 13.3 Å². The van der Waals surface area contributed by atoms with Gasteiger partial charge in [-0.3, -0.25) is 4.79 Å². The zero-order valence-electron chi connectivity index (χ0n) is 7.34. The molecule has 0 N–H and O–H groups in total. The van der Waals surface area contributed by atoms with Gasteiger partial charge in [0, 0.05) is 6.42 Å². The van der Waals surface area contributed by atoms with Crippen LogP contribution in [-0.2, 0) is 4.79 Å². The van der Waals surface area contributed by atoms with Crippen molar-refractivity contribution in [3.63, 3.8) is 0 Å². The van der Waals surface area contributed by atoms with E-state index in [9.17, 15) is 4.79 Å². The summed E-state index contributed by atoms with van der Waals surface area (Å²) in [5.74, 6) is 0.289. The van der Waals surface area contributed by atoms with Gasteiger partial charge in [-0.05, 0) is 6.08 Å². The van der Waals surface area contributed by atoms with Gasteiger partial charge in [-0.25, -0.2) is 9.98 Å². The SMILES string of the molecule is CCC1=NC2=CC(Cl)=C(Cl)C(=O)C2=N1. The Labute approximate surface area is 90.8 Å². The van der Waals surface area contributed by atoms with Crippen molar-refractivity contribution in [2.24, 2.45) is 9.98 Å². The van der Waals surface area contributed by atoms with Crippen molar-refractivity contribution in [3.8, 4) is 0 Å². The van der Waals surface area contributed by atoms with Crippen LogP contribution in [0.15, 0.2) is 31.8 Å². The maximum absolute atomic E-state index is 11.6. The quantitative estimate of drug-likeness (QED) is 0.636. The average Bonchev–Trinajstić information content (AvgIpc) is 2.57. The summed E-state index contributed by atoms with van der Waals surface area (Å²) >= 11 is 11.4. The molecular formula is C9H6Cl2N2O. The number of ketones is 1. The topological polar surface area (TPSA) is 41.8 Å². The molecule has 2 rings (SSSR count). The van der Waals surface area contributed by atoms with Crippen LogP contribution in [0.5, 0.6) is 0 Å². The molecule has 0 aromatic carbocycles. The Bertz CT molecular complexity index is 444. The van der Waals surface area contributed by atoms with Gasteiger partial charge in [0.2, 0.25) is 5.78 Å². The van der Waals surface area contributed by atoms with Gasteiger partial charge in [-0.2, -0.15) is 0 Å². The summed E-state index contributed by atoms with van der Waals surface area (Å²) in [5.41, 5.74) is 0.817. The van der Waals surface area contributed by atoms with Crippen LogP contribution >= 0.6 is 23.2 Å². The molecule has 0 aromatic heterocycles. The number of hydrogen-bond donors (Lipinski definition) is 0. The van der Waals surface area contributed by atoms with Crippen LogP contribution in [0.1, 0.15) is 13.3 Å². The van der Waals surface area contributed by atoms with E-state index in [4.69, 9.17) is 23.2 Å². The highest BCUT2D eigenvalue weighted by Gasteiger charge is 2.29. The minimum atomic E-state index is -0.346. The number of carbonyl (C=O) groups excluding carboxylic acids is 1. The van der Waals surface area contributed by atoms with E-state index in [0.717, 1.165) is 0 Å². The number of nitrogens with zero attached hydrogens (tertiary/aromatic N) is 2. The Hall–Kier alpha value is -0.930. The number of halogens is 2. The van der Waals surface area contributed by atoms with Crippen molar-refractivity contribution in [2.75, 3.05) is 0 Å². The molecule has 0 bridgehead atoms. The third-order valence-electron chi connectivity index (χ3n) is 1.94. The van der Waals surface area contributed by atoms with Gasteiger partial charge in [0.25, 0.3) is 0 Å². The van der Waals surface area contributed by atoms with Gasteiger partial charge in [-0.1, -0.05) is 30.1 Å². The summed E-state index contributed by atoms with van der Waals surface area (Å²) in [6.07, 6.45) is 2.25. The molecule has 0 saturated heterocycles. The highest BCUT2D eigenvalue weighted by Crippen LogP contribution is 2.28. The van der Waals surface area contributed by atoms with Crippen LogP contribution in [0.25, 0.3) is 0 Å². The van der Waals surface area contributed by atoms with Crippen molar-refractivity contribution in [1.82, 2.24) is 0 Å². The number of amidine groups is 1. The second-order valence-electron chi connectivity index (χ2n) is 2.86. The maximum Gasteiger partial charge on any atom is 0.226 e. The normalized spacial score (nSPS) is 20.5. The Kier molecular flexibility index (Phi) is 2.29. The molecule has 0 radical (unpaired) electrons. The lowest BCUT2D eigenvalue weighted by molar-refractivity contribution is -0.109. The number of allylic oxidation sites excluding steroid dienone is 4. The second kappa shape index (κ2) is 3.33. The fraction of sp³-hybridized carbons (Fsp3) is 0.222. The molecule has 0 unspecified atom stereocenters. The van der Waals surface area contributed by atoms with E-state index in [1.54, 1.807) is 6.08 Å². The molecule has 0 spiro atoms. The van der Waals surface area contributed by atoms with Crippen LogP contribution in [0.2, 0.25) is 0 Å². The van der Waals surface area contributed by atoms with Crippen LogP contribution < -0.4 is 0 Å². The van der Waals surface area contributed by atoms with E-state index in [0.29, 0.717) is 23.7 Å². The van der Waals surface area contributed by atoms with Crippen molar-refractivity contribution < 1.29 is 4.79 Å². The first-order valence-electron chi connectivity index (χ1n) is 4.11. The molecule has 3 nitrogen and oxygen atoms in total. The first kappa shape index (κ1) is 9.62. The van der Waals surface area contributed by atoms with Crippen LogP contribution in [0.4, 0.5) is 0 Å². The molecule has 2 aliphatic rings. The molecule has 1 aliphatic carbocycles. The van der Waals surface area contributed by atoms with E-state index in [1.165, 1.54) is 0 Å². The summed E-state index contributed by atoms with van der Waals surface area (Å²) < 4.78 is 0. The van der Waals surface area contributed by atoms with Gasteiger partial charge >= 0.3 is 0 Å². The molecule has 0 atom stereocenters. The first-order chi connectivity index (χ1) is 6.63. The monoisotopic (exact) mass is 228 g/mol. The maximum atomic E-state index is 11.6. The third kappa shape index (κ3) is 1.33. The Morgan fingerprint density at radius 3 is 2.71 bits per heavy atom. The minimum absolute atomic E-state index is 0.0155. The number of aliphatic imine (C=N–C) groups is 2. The zero-order valence-corrected chi connectivity index (χ0v) is 8.85. The van der Waals surface area contributed by atoms with Gasteiger partial charge < -0.3 is 0 Å². The molecule has 1 heterocycles. The lowest BCUT2D eigenvalue weighted by atomic mass is 10.1. The molecule has 0 aromatic rings. The summed E-state index contributed by atoms with van der Waals surface area (Å²) in [6.45, 7) is 1.92. The zero-order chi connectivity index (χ0) is 10.3. The van der Waals surface area contributed by atoms with Crippen molar-refractivity contribution in [3.05, 3.63) is 21.8 Å².